The van der Waals surface area contributed by atoms with Crippen molar-refractivity contribution >= 4 is 5.78 Å². The maximum atomic E-state index is 11.6. The molecular weight excluding hydrogens is 184 g/mol. The van der Waals surface area contributed by atoms with Gasteiger partial charge in [-0.05, 0) is 12.8 Å². The molecule has 4 atom stereocenters. The third-order valence-electron chi connectivity index (χ3n) is 2.81. The van der Waals surface area contributed by atoms with E-state index in [-0.39, 0.29) is 30.5 Å². The molecule has 1 aliphatic carbocycles. The van der Waals surface area contributed by atoms with Crippen molar-refractivity contribution in [3.63, 3.8) is 0 Å². The summed E-state index contributed by atoms with van der Waals surface area (Å²) in [5.74, 6) is -0.354. The van der Waals surface area contributed by atoms with Crippen molar-refractivity contribution in [3.05, 3.63) is 0 Å². The molecule has 0 aliphatic heterocycles. The van der Waals surface area contributed by atoms with E-state index in [4.69, 9.17) is 0 Å². The van der Waals surface area contributed by atoms with Crippen LogP contribution in [0.1, 0.15) is 26.7 Å². The molecule has 0 aromatic rings. The smallest absolute Gasteiger partial charge is 0.138 e. The van der Waals surface area contributed by atoms with Gasteiger partial charge in [-0.2, -0.15) is 0 Å². The third kappa shape index (κ3) is 2.32. The molecule has 3 N–H and O–H groups in total. The average molecular weight is 202 g/mol. The van der Waals surface area contributed by atoms with E-state index < -0.39 is 18.3 Å². The first-order valence-electron chi connectivity index (χ1n) is 5.01. The number of hydrogen-bond donors (Lipinski definition) is 3. The van der Waals surface area contributed by atoms with Crippen molar-refractivity contribution in [2.45, 2.75) is 45.0 Å². The van der Waals surface area contributed by atoms with Crippen LogP contribution in [-0.4, -0.2) is 39.4 Å². The number of carbonyl (C=O) groups excluding carboxylic acids is 1. The van der Waals surface area contributed by atoms with E-state index in [1.807, 2.05) is 0 Å². The van der Waals surface area contributed by atoms with Gasteiger partial charge in [-0.3, -0.25) is 4.79 Å². The Morgan fingerprint density at radius 2 is 1.57 bits per heavy atom. The van der Waals surface area contributed by atoms with E-state index in [0.29, 0.717) is 0 Å². The van der Waals surface area contributed by atoms with Crippen molar-refractivity contribution in [1.29, 1.82) is 0 Å². The standard InChI is InChI=1S/C10H18O4/c1-5(2)9(13)6-3-7(11)10(14)8(12)4-6/h5-8,10-12,14H,3-4H2,1-2H3/t6?,7-,8?,10?/m1/s1. The van der Waals surface area contributed by atoms with Crippen molar-refractivity contribution < 1.29 is 20.1 Å². The first-order valence-corrected chi connectivity index (χ1v) is 5.01. The Morgan fingerprint density at radius 1 is 1.14 bits per heavy atom. The van der Waals surface area contributed by atoms with Crippen LogP contribution in [0.25, 0.3) is 0 Å². The van der Waals surface area contributed by atoms with Gasteiger partial charge >= 0.3 is 0 Å². The fourth-order valence-electron chi connectivity index (χ4n) is 1.92. The number of aliphatic hydroxyl groups excluding tert-OH is 3. The van der Waals surface area contributed by atoms with Crippen LogP contribution in [0.15, 0.2) is 0 Å². The lowest BCUT2D eigenvalue weighted by atomic mass is 9.78. The number of carbonyl (C=O) groups is 1. The number of Topliss-reactive ketones (excluding diaryl/α,β-unsaturated/α-hetero) is 1. The fourth-order valence-corrected chi connectivity index (χ4v) is 1.92. The summed E-state index contributed by atoms with van der Waals surface area (Å²) in [7, 11) is 0. The summed E-state index contributed by atoms with van der Waals surface area (Å²) < 4.78 is 0. The molecule has 1 saturated carbocycles. The van der Waals surface area contributed by atoms with Crippen LogP contribution in [0.4, 0.5) is 0 Å². The summed E-state index contributed by atoms with van der Waals surface area (Å²) in [6, 6.07) is 0. The Hall–Kier alpha value is -0.450. The topological polar surface area (TPSA) is 77.8 Å². The Labute approximate surface area is 83.6 Å². The molecule has 3 unspecified atom stereocenters. The van der Waals surface area contributed by atoms with Crippen molar-refractivity contribution in [2.24, 2.45) is 11.8 Å². The van der Waals surface area contributed by atoms with Gasteiger partial charge in [-0.25, -0.2) is 0 Å². The third-order valence-corrected chi connectivity index (χ3v) is 2.81. The molecule has 1 aliphatic rings. The molecule has 82 valence electrons. The largest absolute Gasteiger partial charge is 0.390 e. The van der Waals surface area contributed by atoms with Crippen molar-refractivity contribution in [3.8, 4) is 0 Å². The van der Waals surface area contributed by atoms with Gasteiger partial charge in [0.1, 0.15) is 11.9 Å². The first-order chi connectivity index (χ1) is 6.43. The van der Waals surface area contributed by atoms with E-state index in [9.17, 15) is 20.1 Å². The van der Waals surface area contributed by atoms with Gasteiger partial charge in [-0.15, -0.1) is 0 Å². The molecule has 0 heterocycles. The van der Waals surface area contributed by atoms with Gasteiger partial charge in [0.05, 0.1) is 12.2 Å². The van der Waals surface area contributed by atoms with Crippen LogP contribution in [0.2, 0.25) is 0 Å². The summed E-state index contributed by atoms with van der Waals surface area (Å²) in [5, 5.41) is 28.0. The molecular formula is C10H18O4. The zero-order valence-electron chi connectivity index (χ0n) is 8.55. The molecule has 0 radical (unpaired) electrons. The molecule has 0 saturated heterocycles. The highest BCUT2D eigenvalue weighted by Gasteiger charge is 2.38. The fraction of sp³-hybridized carbons (Fsp3) is 0.900. The van der Waals surface area contributed by atoms with Crippen LogP contribution in [0.5, 0.6) is 0 Å². The lowest BCUT2D eigenvalue weighted by Gasteiger charge is -2.33. The van der Waals surface area contributed by atoms with E-state index in [1.165, 1.54) is 0 Å². The van der Waals surface area contributed by atoms with Gasteiger partial charge in [0.2, 0.25) is 0 Å². The quantitative estimate of drug-likeness (QED) is 0.574. The molecule has 0 aromatic carbocycles. The summed E-state index contributed by atoms with van der Waals surface area (Å²) in [5.41, 5.74) is 0. The number of ketones is 1. The van der Waals surface area contributed by atoms with Crippen LogP contribution in [-0.2, 0) is 4.79 Å². The zero-order chi connectivity index (χ0) is 10.9. The maximum absolute atomic E-state index is 11.6. The number of rotatable bonds is 2. The van der Waals surface area contributed by atoms with Crippen LogP contribution >= 0.6 is 0 Å². The van der Waals surface area contributed by atoms with Crippen LogP contribution < -0.4 is 0 Å². The molecule has 1 fully saturated rings. The van der Waals surface area contributed by atoms with Gasteiger partial charge in [0, 0.05) is 11.8 Å². The highest BCUT2D eigenvalue weighted by atomic mass is 16.4. The summed E-state index contributed by atoms with van der Waals surface area (Å²) >= 11 is 0. The summed E-state index contributed by atoms with van der Waals surface area (Å²) in [4.78, 5) is 11.6. The number of aliphatic hydroxyl groups is 3. The molecule has 14 heavy (non-hydrogen) atoms. The minimum Gasteiger partial charge on any atom is -0.390 e. The zero-order valence-corrected chi connectivity index (χ0v) is 8.55. The lowest BCUT2D eigenvalue weighted by Crippen LogP contribution is -2.46. The number of hydrogen-bond acceptors (Lipinski definition) is 4. The van der Waals surface area contributed by atoms with Gasteiger partial charge in [-0.1, -0.05) is 13.8 Å². The first kappa shape index (κ1) is 11.6. The summed E-state index contributed by atoms with van der Waals surface area (Å²) in [6.07, 6.45) is -2.55. The lowest BCUT2D eigenvalue weighted by molar-refractivity contribution is -0.138. The molecule has 0 aromatic heterocycles. The predicted octanol–water partition coefficient (Wildman–Crippen LogP) is -0.296. The van der Waals surface area contributed by atoms with Crippen molar-refractivity contribution in [1.82, 2.24) is 0 Å². The van der Waals surface area contributed by atoms with Crippen molar-refractivity contribution in [2.75, 3.05) is 0 Å². The van der Waals surface area contributed by atoms with Crippen LogP contribution in [0.3, 0.4) is 0 Å². The van der Waals surface area contributed by atoms with E-state index in [1.54, 1.807) is 13.8 Å². The predicted molar refractivity (Wildman–Crippen MR) is 50.6 cm³/mol. The Balaban J connectivity index is 2.62. The summed E-state index contributed by atoms with van der Waals surface area (Å²) in [6.45, 7) is 3.60. The molecule has 4 heteroatoms. The Bertz CT molecular complexity index is 202. The second-order valence-corrected chi connectivity index (χ2v) is 4.35. The molecule has 4 nitrogen and oxygen atoms in total. The molecule has 1 rings (SSSR count). The van der Waals surface area contributed by atoms with E-state index >= 15 is 0 Å². The Kier molecular flexibility index (Phi) is 3.64. The van der Waals surface area contributed by atoms with Crippen LogP contribution in [0, 0.1) is 11.8 Å². The van der Waals surface area contributed by atoms with Gasteiger partial charge in [0.25, 0.3) is 0 Å². The highest BCUT2D eigenvalue weighted by Crippen LogP contribution is 2.27. The Morgan fingerprint density at radius 3 is 1.93 bits per heavy atom. The molecule has 0 spiro atoms. The van der Waals surface area contributed by atoms with Gasteiger partial charge in [0.15, 0.2) is 0 Å². The monoisotopic (exact) mass is 202 g/mol. The molecule has 0 amide bonds. The average Bonchev–Trinajstić information content (AvgIpc) is 2.12. The van der Waals surface area contributed by atoms with E-state index in [2.05, 4.69) is 0 Å². The second kappa shape index (κ2) is 4.38. The normalized spacial score (nSPS) is 38.7. The molecule has 0 bridgehead atoms. The van der Waals surface area contributed by atoms with Gasteiger partial charge < -0.3 is 15.3 Å². The highest BCUT2D eigenvalue weighted by molar-refractivity contribution is 5.83. The van der Waals surface area contributed by atoms with E-state index in [0.717, 1.165) is 0 Å². The maximum Gasteiger partial charge on any atom is 0.138 e. The second-order valence-electron chi connectivity index (χ2n) is 4.35. The SMILES string of the molecule is CC(C)C(=O)C1CC(O)C(O)[C@H](O)C1. The minimum absolute atomic E-state index is 0.0509. The minimum atomic E-state index is -1.11.